The minimum Gasteiger partial charge on any atom is -0.468 e. The van der Waals surface area contributed by atoms with E-state index in [0.717, 1.165) is 5.56 Å². The van der Waals surface area contributed by atoms with Gasteiger partial charge in [-0.1, -0.05) is 12.1 Å². The summed E-state index contributed by atoms with van der Waals surface area (Å²) in [6.45, 7) is 2.97. The molecule has 6 nitrogen and oxygen atoms in total. The summed E-state index contributed by atoms with van der Waals surface area (Å²) in [5.41, 5.74) is 7.29. The molecule has 0 aromatic heterocycles. The molecule has 1 aromatic carbocycles. The van der Waals surface area contributed by atoms with Crippen LogP contribution in [0, 0.1) is 0 Å². The molecule has 1 aliphatic rings. The Hall–Kier alpha value is -1.79. The second-order valence-corrected chi connectivity index (χ2v) is 5.15. The van der Waals surface area contributed by atoms with Crippen LogP contribution in [0.3, 0.4) is 0 Å². The fourth-order valence-electron chi connectivity index (χ4n) is 2.32. The predicted octanol–water partition coefficient (Wildman–Crippen LogP) is 0.550. The molecule has 2 rings (SSSR count). The molecule has 1 heterocycles. The molecule has 1 aromatic rings. The number of piperazine rings is 1. The number of carbonyl (C=O) groups excluding carboxylic acids is 2. The molecule has 0 aliphatic carbocycles. The van der Waals surface area contributed by atoms with Crippen molar-refractivity contribution in [3.63, 3.8) is 0 Å². The van der Waals surface area contributed by atoms with E-state index in [1.165, 1.54) is 7.11 Å². The van der Waals surface area contributed by atoms with Crippen molar-refractivity contribution in [1.82, 2.24) is 9.80 Å². The quantitative estimate of drug-likeness (QED) is 0.645. The van der Waals surface area contributed by atoms with E-state index in [0.29, 0.717) is 38.3 Å². The van der Waals surface area contributed by atoms with Gasteiger partial charge in [0.2, 0.25) is 5.91 Å². The van der Waals surface area contributed by atoms with Crippen LogP contribution < -0.4 is 5.73 Å². The number of hydrogen-bond donors (Lipinski definition) is 1. The Bertz CT molecular complexity index is 499. The number of nitrogen functional groups attached to an aromatic ring is 1. The molecule has 0 radical (unpaired) electrons. The van der Waals surface area contributed by atoms with Crippen molar-refractivity contribution in [3.05, 3.63) is 29.8 Å². The fraction of sp³-hybridized carbons (Fsp3) is 0.467. The molecule has 22 heavy (non-hydrogen) atoms. The molecule has 2 N–H and O–H groups in total. The first-order valence-electron chi connectivity index (χ1n) is 7.00. The average Bonchev–Trinajstić information content (AvgIpc) is 2.50. The Balaban J connectivity index is 0.00000242. The van der Waals surface area contributed by atoms with E-state index in [1.54, 1.807) is 12.1 Å². The first-order valence-corrected chi connectivity index (χ1v) is 7.00. The predicted molar refractivity (Wildman–Crippen MR) is 86.8 cm³/mol. The van der Waals surface area contributed by atoms with E-state index in [2.05, 4.69) is 4.74 Å². The van der Waals surface area contributed by atoms with Crippen LogP contribution in [0.1, 0.15) is 5.56 Å². The zero-order valence-corrected chi connectivity index (χ0v) is 13.5. The van der Waals surface area contributed by atoms with Crippen LogP contribution in [-0.4, -0.2) is 61.5 Å². The van der Waals surface area contributed by atoms with E-state index in [9.17, 15) is 9.59 Å². The summed E-state index contributed by atoms with van der Waals surface area (Å²) in [7, 11) is 1.38. The second-order valence-electron chi connectivity index (χ2n) is 5.15. The topological polar surface area (TPSA) is 75.9 Å². The van der Waals surface area contributed by atoms with Gasteiger partial charge in [-0.2, -0.15) is 0 Å². The number of ether oxygens (including phenoxy) is 1. The SMILES string of the molecule is COC(=O)CN1CCN(C(=O)Cc2ccc(N)cc2)CC1.Cl. The Morgan fingerprint density at radius 1 is 1.14 bits per heavy atom. The largest absolute Gasteiger partial charge is 0.468 e. The van der Waals surface area contributed by atoms with Crippen LogP contribution >= 0.6 is 12.4 Å². The van der Waals surface area contributed by atoms with Gasteiger partial charge >= 0.3 is 5.97 Å². The number of rotatable bonds is 4. The minimum absolute atomic E-state index is 0. The summed E-state index contributed by atoms with van der Waals surface area (Å²) < 4.78 is 4.64. The Kier molecular flexibility index (Phi) is 7.14. The van der Waals surface area contributed by atoms with Crippen LogP contribution in [0.4, 0.5) is 5.69 Å². The van der Waals surface area contributed by atoms with Crippen molar-refractivity contribution >= 4 is 30.0 Å². The summed E-state index contributed by atoms with van der Waals surface area (Å²) in [6, 6.07) is 7.36. The van der Waals surface area contributed by atoms with Crippen LogP contribution in [0.25, 0.3) is 0 Å². The van der Waals surface area contributed by atoms with Crippen molar-refractivity contribution < 1.29 is 14.3 Å². The van der Waals surface area contributed by atoms with Gasteiger partial charge in [0.25, 0.3) is 0 Å². The van der Waals surface area contributed by atoms with Crippen molar-refractivity contribution in [2.45, 2.75) is 6.42 Å². The molecule has 122 valence electrons. The van der Waals surface area contributed by atoms with E-state index in [4.69, 9.17) is 5.73 Å². The van der Waals surface area contributed by atoms with E-state index >= 15 is 0 Å². The number of benzene rings is 1. The standard InChI is InChI=1S/C15H21N3O3.ClH/c1-21-15(20)11-17-6-8-18(9-7-17)14(19)10-12-2-4-13(16)5-3-12;/h2-5H,6-11,16H2,1H3;1H. The summed E-state index contributed by atoms with van der Waals surface area (Å²) in [4.78, 5) is 27.3. The summed E-state index contributed by atoms with van der Waals surface area (Å²) in [6.07, 6.45) is 0.386. The number of anilines is 1. The molecule has 0 atom stereocenters. The van der Waals surface area contributed by atoms with Gasteiger partial charge in [-0.25, -0.2) is 0 Å². The molecule has 0 bridgehead atoms. The first-order chi connectivity index (χ1) is 10.1. The van der Waals surface area contributed by atoms with Crippen LogP contribution in [-0.2, 0) is 20.7 Å². The normalized spacial score (nSPS) is 15.0. The average molecular weight is 328 g/mol. The lowest BCUT2D eigenvalue weighted by Crippen LogP contribution is -2.50. The maximum absolute atomic E-state index is 12.2. The second kappa shape index (κ2) is 8.60. The number of esters is 1. The highest BCUT2D eigenvalue weighted by atomic mass is 35.5. The maximum Gasteiger partial charge on any atom is 0.319 e. The maximum atomic E-state index is 12.2. The number of hydrogen-bond acceptors (Lipinski definition) is 5. The smallest absolute Gasteiger partial charge is 0.319 e. The third-order valence-electron chi connectivity index (χ3n) is 3.64. The number of carbonyl (C=O) groups is 2. The van der Waals surface area contributed by atoms with Crippen LogP contribution in [0.15, 0.2) is 24.3 Å². The molecular weight excluding hydrogens is 306 g/mol. The van der Waals surface area contributed by atoms with Crippen LogP contribution in [0.2, 0.25) is 0 Å². The zero-order valence-electron chi connectivity index (χ0n) is 12.7. The molecule has 1 saturated heterocycles. The van der Waals surface area contributed by atoms with Gasteiger partial charge < -0.3 is 15.4 Å². The third-order valence-corrected chi connectivity index (χ3v) is 3.64. The van der Waals surface area contributed by atoms with Crippen LogP contribution in [0.5, 0.6) is 0 Å². The van der Waals surface area contributed by atoms with Crippen molar-refractivity contribution in [1.29, 1.82) is 0 Å². The van der Waals surface area contributed by atoms with E-state index < -0.39 is 0 Å². The van der Waals surface area contributed by atoms with E-state index in [-0.39, 0.29) is 30.8 Å². The molecule has 1 amide bonds. The lowest BCUT2D eigenvalue weighted by molar-refractivity contribution is -0.142. The number of nitrogens with two attached hydrogens (primary N) is 1. The minimum atomic E-state index is -0.239. The van der Waals surface area contributed by atoms with Gasteiger partial charge in [0, 0.05) is 31.9 Å². The van der Waals surface area contributed by atoms with Crippen molar-refractivity contribution in [2.75, 3.05) is 45.6 Å². The summed E-state index contributed by atoms with van der Waals surface area (Å²) in [5.74, 6) is -0.130. The first kappa shape index (κ1) is 18.3. The summed E-state index contributed by atoms with van der Waals surface area (Å²) in [5, 5.41) is 0. The van der Waals surface area contributed by atoms with Gasteiger partial charge in [0.05, 0.1) is 20.1 Å². The molecule has 0 spiro atoms. The van der Waals surface area contributed by atoms with Gasteiger partial charge in [-0.05, 0) is 17.7 Å². The molecule has 0 saturated carbocycles. The van der Waals surface area contributed by atoms with Crippen molar-refractivity contribution in [3.8, 4) is 0 Å². The molecular formula is C15H22ClN3O3. The number of halogens is 1. The molecule has 7 heteroatoms. The number of methoxy groups -OCH3 is 1. The highest BCUT2D eigenvalue weighted by molar-refractivity contribution is 5.85. The van der Waals surface area contributed by atoms with E-state index in [1.807, 2.05) is 21.9 Å². The Morgan fingerprint density at radius 2 is 1.73 bits per heavy atom. The Morgan fingerprint density at radius 3 is 2.27 bits per heavy atom. The van der Waals surface area contributed by atoms with Gasteiger partial charge in [-0.3, -0.25) is 14.5 Å². The lowest BCUT2D eigenvalue weighted by Gasteiger charge is -2.34. The monoisotopic (exact) mass is 327 g/mol. The van der Waals surface area contributed by atoms with Crippen molar-refractivity contribution in [2.24, 2.45) is 0 Å². The highest BCUT2D eigenvalue weighted by Crippen LogP contribution is 2.09. The zero-order chi connectivity index (χ0) is 15.2. The number of nitrogens with zero attached hydrogens (tertiary/aromatic N) is 2. The summed E-state index contributed by atoms with van der Waals surface area (Å²) >= 11 is 0. The van der Waals surface area contributed by atoms with Gasteiger partial charge in [0.1, 0.15) is 0 Å². The number of amides is 1. The Labute approximate surface area is 136 Å². The highest BCUT2D eigenvalue weighted by Gasteiger charge is 2.22. The molecule has 0 unspecified atom stereocenters. The fourth-order valence-corrected chi connectivity index (χ4v) is 2.32. The molecule has 1 aliphatic heterocycles. The molecule has 1 fully saturated rings. The lowest BCUT2D eigenvalue weighted by atomic mass is 10.1. The van der Waals surface area contributed by atoms with Gasteiger partial charge in [-0.15, -0.1) is 12.4 Å². The van der Waals surface area contributed by atoms with Gasteiger partial charge in [0.15, 0.2) is 0 Å². The third kappa shape index (κ3) is 5.20.